The largest absolute Gasteiger partial charge is 0.493 e. The zero-order valence-electron chi connectivity index (χ0n) is 14.4. The van der Waals surface area contributed by atoms with Crippen molar-refractivity contribution in [3.8, 4) is 17.2 Å². The van der Waals surface area contributed by atoms with E-state index >= 15 is 0 Å². The number of benzene rings is 1. The standard InChI is InChI=1S/C18H20ClNO4S/c1-5-8-20(11-13-6-7-16(19)25-13)18(21)12-9-14(22-2)17(24-4)15(10-12)23-3/h5-7,9-10H,1,8,11H2,2-4H3. The topological polar surface area (TPSA) is 48.0 Å². The highest BCUT2D eigenvalue weighted by molar-refractivity contribution is 7.16. The van der Waals surface area contributed by atoms with E-state index in [1.807, 2.05) is 12.1 Å². The molecular weight excluding hydrogens is 362 g/mol. The molecule has 0 aliphatic carbocycles. The molecule has 1 heterocycles. The third-order valence-electron chi connectivity index (χ3n) is 3.52. The summed E-state index contributed by atoms with van der Waals surface area (Å²) >= 11 is 7.42. The van der Waals surface area contributed by atoms with E-state index in [0.29, 0.717) is 40.2 Å². The second-order valence-corrected chi connectivity index (χ2v) is 6.89. The van der Waals surface area contributed by atoms with Crippen molar-refractivity contribution in [3.63, 3.8) is 0 Å². The summed E-state index contributed by atoms with van der Waals surface area (Å²) in [6, 6.07) is 7.01. The maximum absolute atomic E-state index is 13.0. The molecule has 2 rings (SSSR count). The fourth-order valence-electron chi connectivity index (χ4n) is 2.39. The summed E-state index contributed by atoms with van der Waals surface area (Å²) in [7, 11) is 4.55. The summed E-state index contributed by atoms with van der Waals surface area (Å²) in [5.41, 5.74) is 0.444. The molecule has 0 radical (unpaired) electrons. The number of carbonyl (C=O) groups is 1. The molecule has 5 nitrogen and oxygen atoms in total. The second-order valence-electron chi connectivity index (χ2n) is 5.09. The molecule has 25 heavy (non-hydrogen) atoms. The van der Waals surface area contributed by atoms with E-state index in [9.17, 15) is 4.79 Å². The van der Waals surface area contributed by atoms with E-state index in [1.54, 1.807) is 23.1 Å². The zero-order valence-corrected chi connectivity index (χ0v) is 15.9. The highest BCUT2D eigenvalue weighted by atomic mass is 35.5. The molecule has 7 heteroatoms. The van der Waals surface area contributed by atoms with Crippen molar-refractivity contribution in [2.45, 2.75) is 6.54 Å². The second kappa shape index (κ2) is 8.78. The molecule has 0 saturated carbocycles. The maximum atomic E-state index is 13.0. The molecule has 0 bridgehead atoms. The Morgan fingerprint density at radius 1 is 1.20 bits per heavy atom. The van der Waals surface area contributed by atoms with Gasteiger partial charge < -0.3 is 19.1 Å². The van der Waals surface area contributed by atoms with Gasteiger partial charge in [0.05, 0.1) is 32.2 Å². The fourth-order valence-corrected chi connectivity index (χ4v) is 3.49. The van der Waals surface area contributed by atoms with Crippen molar-refractivity contribution in [2.24, 2.45) is 0 Å². The van der Waals surface area contributed by atoms with Gasteiger partial charge >= 0.3 is 0 Å². The van der Waals surface area contributed by atoms with Crippen LogP contribution in [0.1, 0.15) is 15.2 Å². The average Bonchev–Trinajstić information content (AvgIpc) is 3.04. The SMILES string of the molecule is C=CCN(Cc1ccc(Cl)s1)C(=O)c1cc(OC)c(OC)c(OC)c1. The van der Waals surface area contributed by atoms with Gasteiger partial charge in [-0.3, -0.25) is 4.79 Å². The number of thiophene rings is 1. The molecule has 0 N–H and O–H groups in total. The number of nitrogens with zero attached hydrogens (tertiary/aromatic N) is 1. The Morgan fingerprint density at radius 2 is 1.84 bits per heavy atom. The van der Waals surface area contributed by atoms with Gasteiger partial charge in [-0.2, -0.15) is 0 Å². The molecule has 1 aromatic carbocycles. The van der Waals surface area contributed by atoms with E-state index in [4.69, 9.17) is 25.8 Å². The third-order valence-corrected chi connectivity index (χ3v) is 4.74. The minimum absolute atomic E-state index is 0.163. The van der Waals surface area contributed by atoms with E-state index in [0.717, 1.165) is 4.88 Å². The molecule has 0 aliphatic heterocycles. The molecule has 0 saturated heterocycles. The Hall–Kier alpha value is -2.18. The lowest BCUT2D eigenvalue weighted by Crippen LogP contribution is -2.30. The predicted molar refractivity (Wildman–Crippen MR) is 100 cm³/mol. The van der Waals surface area contributed by atoms with Gasteiger partial charge in [-0.05, 0) is 24.3 Å². The first-order valence-electron chi connectivity index (χ1n) is 7.48. The molecule has 134 valence electrons. The van der Waals surface area contributed by atoms with Crippen LogP contribution in [0.4, 0.5) is 0 Å². The molecule has 1 amide bonds. The molecule has 0 atom stereocenters. The van der Waals surface area contributed by atoms with Gasteiger partial charge in [0.25, 0.3) is 5.91 Å². The van der Waals surface area contributed by atoms with E-state index in [-0.39, 0.29) is 5.91 Å². The van der Waals surface area contributed by atoms with Gasteiger partial charge in [-0.1, -0.05) is 17.7 Å². The number of rotatable bonds is 8. The van der Waals surface area contributed by atoms with Crippen LogP contribution in [0.15, 0.2) is 36.9 Å². The average molecular weight is 382 g/mol. The highest BCUT2D eigenvalue weighted by Crippen LogP contribution is 2.38. The van der Waals surface area contributed by atoms with Crippen LogP contribution >= 0.6 is 22.9 Å². The van der Waals surface area contributed by atoms with Crippen LogP contribution in [-0.4, -0.2) is 38.7 Å². The smallest absolute Gasteiger partial charge is 0.254 e. The minimum atomic E-state index is -0.163. The first kappa shape index (κ1) is 19.1. The van der Waals surface area contributed by atoms with Gasteiger partial charge in [0.2, 0.25) is 5.75 Å². The Labute approximate surface area is 156 Å². The monoisotopic (exact) mass is 381 g/mol. The van der Waals surface area contributed by atoms with Crippen LogP contribution in [-0.2, 0) is 6.54 Å². The maximum Gasteiger partial charge on any atom is 0.254 e. The molecule has 1 aromatic heterocycles. The Balaban J connectivity index is 2.36. The van der Waals surface area contributed by atoms with Crippen molar-refractivity contribution in [3.05, 3.63) is 51.7 Å². The lowest BCUT2D eigenvalue weighted by atomic mass is 10.1. The summed E-state index contributed by atoms with van der Waals surface area (Å²) < 4.78 is 16.6. The van der Waals surface area contributed by atoms with Gasteiger partial charge in [-0.15, -0.1) is 17.9 Å². The van der Waals surface area contributed by atoms with Gasteiger partial charge in [0.1, 0.15) is 0 Å². The van der Waals surface area contributed by atoms with Crippen LogP contribution < -0.4 is 14.2 Å². The molecule has 0 unspecified atom stereocenters. The summed E-state index contributed by atoms with van der Waals surface area (Å²) in [4.78, 5) is 15.6. The lowest BCUT2D eigenvalue weighted by molar-refractivity contribution is 0.0763. The molecule has 0 fully saturated rings. The quantitative estimate of drug-likeness (QED) is 0.641. The Morgan fingerprint density at radius 3 is 2.28 bits per heavy atom. The number of hydrogen-bond donors (Lipinski definition) is 0. The van der Waals surface area contributed by atoms with Crippen LogP contribution in [0.3, 0.4) is 0 Å². The van der Waals surface area contributed by atoms with E-state index in [2.05, 4.69) is 6.58 Å². The van der Waals surface area contributed by atoms with Crippen molar-refractivity contribution < 1.29 is 19.0 Å². The summed E-state index contributed by atoms with van der Waals surface area (Å²) in [5.74, 6) is 1.15. The van der Waals surface area contributed by atoms with Gasteiger partial charge in [0, 0.05) is 17.0 Å². The highest BCUT2D eigenvalue weighted by Gasteiger charge is 2.21. The number of halogens is 1. The Kier molecular flexibility index (Phi) is 6.73. The number of hydrogen-bond acceptors (Lipinski definition) is 5. The molecular formula is C18H20ClNO4S. The summed E-state index contributed by atoms with van der Waals surface area (Å²) in [6.45, 7) is 4.58. The van der Waals surface area contributed by atoms with Crippen molar-refractivity contribution in [1.29, 1.82) is 0 Å². The van der Waals surface area contributed by atoms with Gasteiger partial charge in [0.15, 0.2) is 11.5 Å². The number of carbonyl (C=O) groups excluding carboxylic acids is 1. The van der Waals surface area contributed by atoms with Crippen molar-refractivity contribution in [2.75, 3.05) is 27.9 Å². The number of methoxy groups -OCH3 is 3. The predicted octanol–water partition coefficient (Wildman–Crippen LogP) is 4.26. The first-order chi connectivity index (χ1) is 12.0. The molecule has 2 aromatic rings. The summed E-state index contributed by atoms with van der Waals surface area (Å²) in [6.07, 6.45) is 1.69. The minimum Gasteiger partial charge on any atom is -0.493 e. The number of amides is 1. The fraction of sp³-hybridized carbons (Fsp3) is 0.278. The van der Waals surface area contributed by atoms with Gasteiger partial charge in [-0.25, -0.2) is 0 Å². The first-order valence-corrected chi connectivity index (χ1v) is 8.67. The summed E-state index contributed by atoms with van der Waals surface area (Å²) in [5, 5.41) is 0. The third kappa shape index (κ3) is 4.46. The van der Waals surface area contributed by atoms with Crippen LogP contribution in [0, 0.1) is 0 Å². The normalized spacial score (nSPS) is 10.2. The zero-order chi connectivity index (χ0) is 18.4. The Bertz CT molecular complexity index is 734. The van der Waals surface area contributed by atoms with Crippen molar-refractivity contribution >= 4 is 28.8 Å². The van der Waals surface area contributed by atoms with Crippen molar-refractivity contribution in [1.82, 2.24) is 4.90 Å². The van der Waals surface area contributed by atoms with Crippen LogP contribution in [0.2, 0.25) is 4.34 Å². The lowest BCUT2D eigenvalue weighted by Gasteiger charge is -2.22. The van der Waals surface area contributed by atoms with E-state index < -0.39 is 0 Å². The van der Waals surface area contributed by atoms with Crippen LogP contribution in [0.25, 0.3) is 0 Å². The van der Waals surface area contributed by atoms with Crippen LogP contribution in [0.5, 0.6) is 17.2 Å². The molecule has 0 aliphatic rings. The number of ether oxygens (including phenoxy) is 3. The molecule has 0 spiro atoms. The van der Waals surface area contributed by atoms with E-state index in [1.165, 1.54) is 32.7 Å².